The van der Waals surface area contributed by atoms with Crippen LogP contribution >= 0.6 is 35.3 Å². The Labute approximate surface area is 182 Å². The van der Waals surface area contributed by atoms with E-state index in [9.17, 15) is 8.42 Å². The second-order valence-electron chi connectivity index (χ2n) is 6.17. The maximum absolute atomic E-state index is 11.3. The third kappa shape index (κ3) is 9.02. The Hall–Kier alpha value is -1.20. The molecule has 2 N–H and O–H groups in total. The van der Waals surface area contributed by atoms with Crippen LogP contribution in [0.2, 0.25) is 0 Å². The number of aromatic nitrogens is 1. The molecule has 0 saturated carbocycles. The van der Waals surface area contributed by atoms with E-state index in [4.69, 9.17) is 0 Å². The van der Waals surface area contributed by atoms with Crippen molar-refractivity contribution in [3.63, 3.8) is 0 Å². The number of aliphatic imine (C=N–C) groups is 1. The van der Waals surface area contributed by atoms with Crippen molar-refractivity contribution in [3.8, 4) is 10.6 Å². The molecule has 0 bridgehead atoms. The van der Waals surface area contributed by atoms with Gasteiger partial charge in [0, 0.05) is 29.8 Å². The van der Waals surface area contributed by atoms with Crippen LogP contribution in [0, 0.1) is 0 Å². The summed E-state index contributed by atoms with van der Waals surface area (Å²) in [6.45, 7) is 5.15. The van der Waals surface area contributed by atoms with Crippen LogP contribution in [0.1, 0.15) is 26.0 Å². The van der Waals surface area contributed by atoms with Crippen LogP contribution in [0.5, 0.6) is 0 Å². The highest BCUT2D eigenvalue weighted by molar-refractivity contribution is 14.0. The van der Waals surface area contributed by atoms with Gasteiger partial charge >= 0.3 is 0 Å². The molecule has 1 heterocycles. The van der Waals surface area contributed by atoms with E-state index >= 15 is 0 Å². The lowest BCUT2D eigenvalue weighted by atomic mass is 10.2. The molecule has 1 aromatic heterocycles. The Morgan fingerprint density at radius 2 is 2.00 bits per heavy atom. The van der Waals surface area contributed by atoms with Crippen LogP contribution in [0.4, 0.5) is 0 Å². The van der Waals surface area contributed by atoms with Crippen molar-refractivity contribution in [3.05, 3.63) is 41.4 Å². The molecule has 1 aromatic carbocycles. The van der Waals surface area contributed by atoms with Gasteiger partial charge in [-0.05, 0) is 20.3 Å². The van der Waals surface area contributed by atoms with Gasteiger partial charge in [0.05, 0.1) is 18.0 Å². The number of nitrogens with zero attached hydrogens (tertiary/aromatic N) is 2. The summed E-state index contributed by atoms with van der Waals surface area (Å²) in [4.78, 5) is 9.20. The fraction of sp³-hybridized carbons (Fsp3) is 0.444. The Bertz CT molecular complexity index is 823. The van der Waals surface area contributed by atoms with Crippen LogP contribution in [0.25, 0.3) is 10.6 Å². The van der Waals surface area contributed by atoms with E-state index in [0.717, 1.165) is 22.8 Å². The Morgan fingerprint density at radius 1 is 1.30 bits per heavy atom. The van der Waals surface area contributed by atoms with Crippen LogP contribution in [-0.2, 0) is 16.4 Å². The summed E-state index contributed by atoms with van der Waals surface area (Å²) in [5.41, 5.74) is 2.02. The predicted octanol–water partition coefficient (Wildman–Crippen LogP) is 3.31. The highest BCUT2D eigenvalue weighted by Crippen LogP contribution is 2.23. The molecule has 9 heteroatoms. The molecular formula is C18H27IN4O2S2. The van der Waals surface area contributed by atoms with E-state index in [1.807, 2.05) is 49.6 Å². The summed E-state index contributed by atoms with van der Waals surface area (Å²) in [5, 5.41) is 9.43. The number of nitrogens with one attached hydrogen (secondary N) is 2. The van der Waals surface area contributed by atoms with Crippen molar-refractivity contribution < 1.29 is 8.42 Å². The van der Waals surface area contributed by atoms with Gasteiger partial charge in [-0.3, -0.25) is 0 Å². The summed E-state index contributed by atoms with van der Waals surface area (Å²) in [6, 6.07) is 10.1. The van der Waals surface area contributed by atoms with Crippen LogP contribution < -0.4 is 10.6 Å². The Morgan fingerprint density at radius 3 is 2.63 bits per heavy atom. The monoisotopic (exact) mass is 522 g/mol. The minimum absolute atomic E-state index is 0. The highest BCUT2D eigenvalue weighted by atomic mass is 127. The van der Waals surface area contributed by atoms with Crippen molar-refractivity contribution in [1.82, 2.24) is 15.6 Å². The average molecular weight is 522 g/mol. The zero-order chi connectivity index (χ0) is 19.0. The number of thiazole rings is 1. The second-order valence-corrected chi connectivity index (χ2v) is 9.29. The van der Waals surface area contributed by atoms with Gasteiger partial charge in [-0.2, -0.15) is 0 Å². The first-order valence-electron chi connectivity index (χ1n) is 8.59. The van der Waals surface area contributed by atoms with E-state index in [2.05, 4.69) is 20.6 Å². The number of sulfone groups is 1. The number of guanidine groups is 1. The number of hydrogen-bond acceptors (Lipinski definition) is 5. The minimum atomic E-state index is -2.96. The standard InChI is InChI=1S/C18H26N4O2S2.HI/c1-4-19-18(21-14(2)10-11-26(3,23)24)20-12-16-13-25-17(22-16)15-8-6-5-7-9-15;/h5-9,13-14H,4,10-12H2,1-3H3,(H2,19,20,21);1H. The van der Waals surface area contributed by atoms with Gasteiger partial charge in [0.15, 0.2) is 5.96 Å². The molecule has 0 amide bonds. The molecule has 0 radical (unpaired) electrons. The van der Waals surface area contributed by atoms with Gasteiger partial charge in [0.1, 0.15) is 14.8 Å². The van der Waals surface area contributed by atoms with E-state index in [-0.39, 0.29) is 35.8 Å². The highest BCUT2D eigenvalue weighted by Gasteiger charge is 2.10. The lowest BCUT2D eigenvalue weighted by molar-refractivity contribution is 0.581. The Balaban J connectivity index is 0.00000364. The first kappa shape index (κ1) is 23.8. The molecule has 1 atom stereocenters. The van der Waals surface area contributed by atoms with E-state index in [1.165, 1.54) is 6.26 Å². The smallest absolute Gasteiger partial charge is 0.191 e. The second kappa shape index (κ2) is 11.6. The lowest BCUT2D eigenvalue weighted by Crippen LogP contribution is -2.42. The molecule has 2 rings (SSSR count). The van der Waals surface area contributed by atoms with Crippen molar-refractivity contribution in [2.24, 2.45) is 4.99 Å². The van der Waals surface area contributed by atoms with Crippen molar-refractivity contribution >= 4 is 51.1 Å². The van der Waals surface area contributed by atoms with Gasteiger partial charge in [-0.25, -0.2) is 18.4 Å². The molecule has 0 saturated heterocycles. The Kier molecular flexibility index (Phi) is 10.2. The molecule has 27 heavy (non-hydrogen) atoms. The first-order valence-corrected chi connectivity index (χ1v) is 11.5. The maximum Gasteiger partial charge on any atom is 0.191 e. The molecule has 2 aromatic rings. The van der Waals surface area contributed by atoms with Crippen molar-refractivity contribution in [1.29, 1.82) is 0 Å². The summed E-state index contributed by atoms with van der Waals surface area (Å²) in [7, 11) is -2.96. The van der Waals surface area contributed by atoms with Crippen molar-refractivity contribution in [2.45, 2.75) is 32.9 Å². The van der Waals surface area contributed by atoms with Gasteiger partial charge in [0.25, 0.3) is 0 Å². The fourth-order valence-electron chi connectivity index (χ4n) is 2.27. The summed E-state index contributed by atoms with van der Waals surface area (Å²) >= 11 is 1.60. The molecule has 0 aliphatic rings. The molecule has 0 fully saturated rings. The van der Waals surface area contributed by atoms with Gasteiger partial charge in [0.2, 0.25) is 0 Å². The normalized spacial score (nSPS) is 12.9. The molecular weight excluding hydrogens is 495 g/mol. The van der Waals surface area contributed by atoms with Gasteiger partial charge in [-0.1, -0.05) is 30.3 Å². The molecule has 0 spiro atoms. The van der Waals surface area contributed by atoms with Crippen LogP contribution in [0.3, 0.4) is 0 Å². The number of hydrogen-bond donors (Lipinski definition) is 2. The van der Waals surface area contributed by atoms with Crippen LogP contribution in [-0.4, -0.2) is 44.0 Å². The first-order chi connectivity index (χ1) is 12.4. The van der Waals surface area contributed by atoms with Crippen LogP contribution in [0.15, 0.2) is 40.7 Å². The van der Waals surface area contributed by atoms with E-state index in [0.29, 0.717) is 18.9 Å². The predicted molar refractivity (Wildman–Crippen MR) is 125 cm³/mol. The topological polar surface area (TPSA) is 83.4 Å². The summed E-state index contributed by atoms with van der Waals surface area (Å²) < 4.78 is 22.6. The third-order valence-corrected chi connectivity index (χ3v) is 5.54. The number of benzene rings is 1. The van der Waals surface area contributed by atoms with Crippen molar-refractivity contribution in [2.75, 3.05) is 18.6 Å². The maximum atomic E-state index is 11.3. The zero-order valence-corrected chi connectivity index (χ0v) is 19.8. The fourth-order valence-corrected chi connectivity index (χ4v) is 3.87. The molecule has 0 aliphatic heterocycles. The number of halogens is 1. The SMILES string of the molecule is CCNC(=NCc1csc(-c2ccccc2)n1)NC(C)CCS(C)(=O)=O.I. The third-order valence-electron chi connectivity index (χ3n) is 3.62. The van der Waals surface area contributed by atoms with E-state index in [1.54, 1.807) is 11.3 Å². The minimum Gasteiger partial charge on any atom is -0.357 e. The largest absolute Gasteiger partial charge is 0.357 e. The molecule has 0 aliphatic carbocycles. The molecule has 6 nitrogen and oxygen atoms in total. The molecule has 150 valence electrons. The summed E-state index contributed by atoms with van der Waals surface area (Å²) in [6.07, 6.45) is 1.80. The number of rotatable bonds is 8. The zero-order valence-electron chi connectivity index (χ0n) is 15.8. The quantitative estimate of drug-likeness (QED) is 0.316. The van der Waals surface area contributed by atoms with E-state index < -0.39 is 9.84 Å². The van der Waals surface area contributed by atoms with Gasteiger partial charge < -0.3 is 10.6 Å². The lowest BCUT2D eigenvalue weighted by Gasteiger charge is -2.17. The average Bonchev–Trinajstić information content (AvgIpc) is 3.07. The molecule has 1 unspecified atom stereocenters. The summed E-state index contributed by atoms with van der Waals surface area (Å²) in [5.74, 6) is 0.829. The van der Waals surface area contributed by atoms with Gasteiger partial charge in [-0.15, -0.1) is 35.3 Å².